The van der Waals surface area contributed by atoms with E-state index in [0.717, 1.165) is 12.8 Å². The SMILES string of the molecule is CCc1ccccc1Cc1c(C)cc(C)cc1C.O=PO. The highest BCUT2D eigenvalue weighted by molar-refractivity contribution is 7.16. The molecule has 2 aromatic carbocycles. The van der Waals surface area contributed by atoms with Crippen LogP contribution in [-0.4, -0.2) is 4.89 Å². The molecule has 0 aliphatic rings. The Kier molecular flexibility index (Phi) is 7.28. The van der Waals surface area contributed by atoms with Gasteiger partial charge in [0, 0.05) is 0 Å². The molecular formula is C18H23O2P. The quantitative estimate of drug-likeness (QED) is 0.814. The molecule has 21 heavy (non-hydrogen) atoms. The lowest BCUT2D eigenvalue weighted by atomic mass is 9.92. The Labute approximate surface area is 129 Å². The molecule has 0 amide bonds. The first kappa shape index (κ1) is 17.6. The van der Waals surface area contributed by atoms with Crippen LogP contribution in [0, 0.1) is 20.8 Å². The van der Waals surface area contributed by atoms with Gasteiger partial charge >= 0.3 is 8.69 Å². The van der Waals surface area contributed by atoms with Crippen LogP contribution in [-0.2, 0) is 17.4 Å². The molecule has 0 aliphatic carbocycles. The Balaban J connectivity index is 0.000000677. The van der Waals surface area contributed by atoms with Gasteiger partial charge < -0.3 is 4.89 Å². The van der Waals surface area contributed by atoms with Crippen LogP contribution in [0.1, 0.15) is 40.3 Å². The zero-order valence-electron chi connectivity index (χ0n) is 13.2. The van der Waals surface area contributed by atoms with E-state index in [1.54, 1.807) is 0 Å². The van der Waals surface area contributed by atoms with Gasteiger partial charge in [0.1, 0.15) is 0 Å². The maximum absolute atomic E-state index is 8.46. The molecule has 0 fully saturated rings. The Hall–Kier alpha value is -1.50. The minimum absolute atomic E-state index is 0.833. The predicted molar refractivity (Wildman–Crippen MR) is 89.1 cm³/mol. The minimum Gasteiger partial charge on any atom is -0.310 e. The van der Waals surface area contributed by atoms with E-state index in [0.29, 0.717) is 0 Å². The Morgan fingerprint density at radius 2 is 1.48 bits per heavy atom. The summed E-state index contributed by atoms with van der Waals surface area (Å²) in [5.41, 5.74) is 8.61. The second-order valence-electron chi connectivity index (χ2n) is 5.26. The van der Waals surface area contributed by atoms with Gasteiger partial charge in [0.15, 0.2) is 0 Å². The average Bonchev–Trinajstić information content (AvgIpc) is 2.44. The summed E-state index contributed by atoms with van der Waals surface area (Å²) in [5, 5.41) is 0. The number of hydrogen-bond acceptors (Lipinski definition) is 1. The number of aryl methyl sites for hydroxylation is 4. The van der Waals surface area contributed by atoms with Crippen LogP contribution in [0.2, 0.25) is 0 Å². The van der Waals surface area contributed by atoms with Crippen molar-refractivity contribution >= 4 is 8.69 Å². The molecule has 0 aromatic heterocycles. The molecule has 0 atom stereocenters. The lowest BCUT2D eigenvalue weighted by Crippen LogP contribution is -1.99. The molecule has 0 aliphatic heterocycles. The molecule has 0 saturated heterocycles. The smallest absolute Gasteiger partial charge is 0.310 e. The van der Waals surface area contributed by atoms with E-state index >= 15 is 0 Å². The lowest BCUT2D eigenvalue weighted by molar-refractivity contribution is 0.524. The van der Waals surface area contributed by atoms with Crippen LogP contribution < -0.4 is 0 Å². The van der Waals surface area contributed by atoms with Crippen LogP contribution in [0.15, 0.2) is 36.4 Å². The molecule has 3 heteroatoms. The molecule has 0 heterocycles. The van der Waals surface area contributed by atoms with E-state index in [1.807, 2.05) is 0 Å². The van der Waals surface area contributed by atoms with E-state index in [9.17, 15) is 0 Å². The second kappa shape index (κ2) is 8.71. The molecule has 112 valence electrons. The van der Waals surface area contributed by atoms with Gasteiger partial charge in [-0.25, -0.2) is 4.57 Å². The summed E-state index contributed by atoms with van der Waals surface area (Å²) in [6.45, 7) is 8.85. The van der Waals surface area contributed by atoms with Gasteiger partial charge in [-0.05, 0) is 61.4 Å². The topological polar surface area (TPSA) is 37.3 Å². The predicted octanol–water partition coefficient (Wildman–Crippen LogP) is 4.95. The van der Waals surface area contributed by atoms with E-state index in [4.69, 9.17) is 9.46 Å². The molecule has 0 spiro atoms. The summed E-state index contributed by atoms with van der Waals surface area (Å²) in [4.78, 5) is 6.99. The van der Waals surface area contributed by atoms with Gasteiger partial charge in [0.25, 0.3) is 0 Å². The minimum atomic E-state index is -0.833. The van der Waals surface area contributed by atoms with Gasteiger partial charge in [0.05, 0.1) is 0 Å². The molecule has 0 unspecified atom stereocenters. The van der Waals surface area contributed by atoms with E-state index < -0.39 is 8.69 Å². The van der Waals surface area contributed by atoms with Crippen LogP contribution in [0.5, 0.6) is 0 Å². The van der Waals surface area contributed by atoms with Crippen LogP contribution >= 0.6 is 8.69 Å². The highest BCUT2D eigenvalue weighted by Crippen LogP contribution is 2.22. The van der Waals surface area contributed by atoms with E-state index in [1.165, 1.54) is 33.4 Å². The molecule has 2 aromatic rings. The van der Waals surface area contributed by atoms with Crippen molar-refractivity contribution in [3.05, 3.63) is 69.8 Å². The molecule has 1 N–H and O–H groups in total. The van der Waals surface area contributed by atoms with Crippen molar-refractivity contribution in [2.24, 2.45) is 0 Å². The standard InChI is InChI=1S/C18H22.HO2P/c1-5-16-8-6-7-9-17(16)12-18-14(3)10-13(2)11-15(18)4;1-3-2/h6-11H,5,12H2,1-4H3;(H,1,2). The summed E-state index contributed by atoms with van der Waals surface area (Å²) >= 11 is 0. The first-order valence-corrected chi connectivity index (χ1v) is 7.90. The average molecular weight is 302 g/mol. The first-order valence-electron chi connectivity index (χ1n) is 7.13. The van der Waals surface area contributed by atoms with E-state index in [-0.39, 0.29) is 0 Å². The Morgan fingerprint density at radius 1 is 1.00 bits per heavy atom. The maximum Gasteiger partial charge on any atom is 0.324 e. The van der Waals surface area contributed by atoms with Gasteiger partial charge in [-0.1, -0.05) is 48.9 Å². The van der Waals surface area contributed by atoms with Gasteiger partial charge in [-0.2, -0.15) is 0 Å². The van der Waals surface area contributed by atoms with Crippen molar-refractivity contribution in [2.45, 2.75) is 40.5 Å². The number of benzene rings is 2. The van der Waals surface area contributed by atoms with Crippen molar-refractivity contribution in [1.29, 1.82) is 0 Å². The van der Waals surface area contributed by atoms with Gasteiger partial charge in [-0.15, -0.1) is 0 Å². The van der Waals surface area contributed by atoms with Crippen molar-refractivity contribution in [2.75, 3.05) is 0 Å². The lowest BCUT2D eigenvalue weighted by Gasteiger charge is -2.13. The van der Waals surface area contributed by atoms with Crippen LogP contribution in [0.3, 0.4) is 0 Å². The van der Waals surface area contributed by atoms with Crippen LogP contribution in [0.25, 0.3) is 0 Å². The third kappa shape index (κ3) is 5.08. The summed E-state index contributed by atoms with van der Waals surface area (Å²) < 4.78 is 8.46. The molecule has 0 bridgehead atoms. The molecular weight excluding hydrogens is 279 g/mol. The molecule has 0 radical (unpaired) electrons. The van der Waals surface area contributed by atoms with Gasteiger partial charge in [0.2, 0.25) is 0 Å². The third-order valence-corrected chi connectivity index (χ3v) is 3.71. The fourth-order valence-electron chi connectivity index (χ4n) is 2.75. The van der Waals surface area contributed by atoms with Crippen molar-refractivity contribution < 1.29 is 9.46 Å². The summed E-state index contributed by atoms with van der Waals surface area (Å²) in [7, 11) is -0.833. The number of hydrogen-bond donors (Lipinski definition) is 1. The fraction of sp³-hybridized carbons (Fsp3) is 0.333. The Morgan fingerprint density at radius 3 is 1.95 bits per heavy atom. The largest absolute Gasteiger partial charge is 0.324 e. The van der Waals surface area contributed by atoms with Crippen molar-refractivity contribution in [1.82, 2.24) is 0 Å². The zero-order valence-corrected chi connectivity index (χ0v) is 14.1. The summed E-state index contributed by atoms with van der Waals surface area (Å²) in [6, 6.07) is 13.4. The molecule has 2 rings (SSSR count). The number of rotatable bonds is 3. The normalized spacial score (nSPS) is 10.1. The maximum atomic E-state index is 8.46. The highest BCUT2D eigenvalue weighted by atomic mass is 31.1. The van der Waals surface area contributed by atoms with E-state index in [2.05, 4.69) is 64.1 Å². The third-order valence-electron chi connectivity index (χ3n) is 3.71. The molecule has 0 saturated carbocycles. The van der Waals surface area contributed by atoms with Crippen LogP contribution in [0.4, 0.5) is 0 Å². The highest BCUT2D eigenvalue weighted by Gasteiger charge is 2.07. The fourth-order valence-corrected chi connectivity index (χ4v) is 2.75. The summed E-state index contributed by atoms with van der Waals surface area (Å²) in [6.07, 6.45) is 2.17. The first-order chi connectivity index (χ1) is 10.0. The van der Waals surface area contributed by atoms with Crippen molar-refractivity contribution in [3.8, 4) is 0 Å². The summed E-state index contributed by atoms with van der Waals surface area (Å²) in [5.74, 6) is 0. The Bertz CT molecular complexity index is 583. The zero-order chi connectivity index (χ0) is 15.8. The molecule has 2 nitrogen and oxygen atoms in total. The van der Waals surface area contributed by atoms with Crippen molar-refractivity contribution in [3.63, 3.8) is 0 Å². The van der Waals surface area contributed by atoms with Gasteiger partial charge in [-0.3, -0.25) is 0 Å². The monoisotopic (exact) mass is 302 g/mol. The second-order valence-corrected chi connectivity index (χ2v) is 5.42.